The second-order valence-corrected chi connectivity index (χ2v) is 2.81. The number of halogens is 1. The van der Waals surface area contributed by atoms with Gasteiger partial charge in [-0.15, -0.1) is 0 Å². The lowest BCUT2D eigenvalue weighted by atomic mass is 10.3. The standard InChI is InChI=1S/C10H13ClO2/c1-3-12-8-6-5-7-9(10(8)11)13-4-2/h5-7H,3-4H2,1-2H3. The van der Waals surface area contributed by atoms with Crippen molar-refractivity contribution >= 4 is 11.6 Å². The highest BCUT2D eigenvalue weighted by Crippen LogP contribution is 2.33. The molecule has 1 rings (SSSR count). The van der Waals surface area contributed by atoms with Gasteiger partial charge in [0.1, 0.15) is 16.5 Å². The smallest absolute Gasteiger partial charge is 0.141 e. The van der Waals surface area contributed by atoms with Gasteiger partial charge in [0.15, 0.2) is 0 Å². The Balaban J connectivity index is 2.89. The summed E-state index contributed by atoms with van der Waals surface area (Å²) >= 11 is 6.02. The minimum Gasteiger partial charge on any atom is -0.492 e. The van der Waals surface area contributed by atoms with Crippen molar-refractivity contribution in [1.29, 1.82) is 0 Å². The van der Waals surface area contributed by atoms with Crippen LogP contribution >= 0.6 is 11.6 Å². The Morgan fingerprint density at radius 1 is 1.08 bits per heavy atom. The van der Waals surface area contributed by atoms with Crippen molar-refractivity contribution in [3.8, 4) is 11.5 Å². The third-order valence-electron chi connectivity index (χ3n) is 1.53. The highest BCUT2D eigenvalue weighted by atomic mass is 35.5. The molecule has 2 nitrogen and oxygen atoms in total. The summed E-state index contributed by atoms with van der Waals surface area (Å²) in [4.78, 5) is 0. The van der Waals surface area contributed by atoms with Gasteiger partial charge < -0.3 is 9.47 Å². The fraction of sp³-hybridized carbons (Fsp3) is 0.400. The number of ether oxygens (including phenoxy) is 2. The third kappa shape index (κ3) is 2.52. The SMILES string of the molecule is CCOc1cccc(OCC)c1Cl. The van der Waals surface area contributed by atoms with Gasteiger partial charge >= 0.3 is 0 Å². The van der Waals surface area contributed by atoms with Crippen molar-refractivity contribution in [1.82, 2.24) is 0 Å². The van der Waals surface area contributed by atoms with Crippen LogP contribution in [0.15, 0.2) is 18.2 Å². The first-order valence-corrected chi connectivity index (χ1v) is 4.71. The second kappa shape index (κ2) is 4.97. The average molecular weight is 201 g/mol. The summed E-state index contributed by atoms with van der Waals surface area (Å²) in [6, 6.07) is 5.52. The Morgan fingerprint density at radius 3 is 1.92 bits per heavy atom. The van der Waals surface area contributed by atoms with Gasteiger partial charge in [0, 0.05) is 0 Å². The molecule has 1 aromatic carbocycles. The van der Waals surface area contributed by atoms with E-state index in [0.29, 0.717) is 29.7 Å². The minimum absolute atomic E-state index is 0.547. The summed E-state index contributed by atoms with van der Waals surface area (Å²) in [6.45, 7) is 5.05. The number of hydrogen-bond donors (Lipinski definition) is 0. The van der Waals surface area contributed by atoms with Crippen LogP contribution in [0.5, 0.6) is 11.5 Å². The maximum Gasteiger partial charge on any atom is 0.141 e. The quantitative estimate of drug-likeness (QED) is 0.744. The van der Waals surface area contributed by atoms with Crippen molar-refractivity contribution < 1.29 is 9.47 Å². The van der Waals surface area contributed by atoms with E-state index in [-0.39, 0.29) is 0 Å². The lowest BCUT2D eigenvalue weighted by molar-refractivity contribution is 0.323. The molecule has 0 heterocycles. The van der Waals surface area contributed by atoms with E-state index in [0.717, 1.165) is 0 Å². The predicted molar refractivity (Wildman–Crippen MR) is 53.8 cm³/mol. The lowest BCUT2D eigenvalue weighted by Crippen LogP contribution is -1.96. The number of rotatable bonds is 4. The van der Waals surface area contributed by atoms with Gasteiger partial charge in [-0.2, -0.15) is 0 Å². The van der Waals surface area contributed by atoms with E-state index in [1.165, 1.54) is 0 Å². The summed E-state index contributed by atoms with van der Waals surface area (Å²) in [5.74, 6) is 1.35. The summed E-state index contributed by atoms with van der Waals surface area (Å²) < 4.78 is 10.6. The number of benzene rings is 1. The van der Waals surface area contributed by atoms with Gasteiger partial charge in [-0.25, -0.2) is 0 Å². The Labute approximate surface area is 83.4 Å². The van der Waals surface area contributed by atoms with Crippen LogP contribution in [0.4, 0.5) is 0 Å². The van der Waals surface area contributed by atoms with Gasteiger partial charge in [-0.3, -0.25) is 0 Å². The Morgan fingerprint density at radius 2 is 1.54 bits per heavy atom. The molecular weight excluding hydrogens is 188 g/mol. The predicted octanol–water partition coefficient (Wildman–Crippen LogP) is 3.14. The van der Waals surface area contributed by atoms with Crippen LogP contribution in [0, 0.1) is 0 Å². The summed E-state index contributed by atoms with van der Waals surface area (Å²) in [6.07, 6.45) is 0. The lowest BCUT2D eigenvalue weighted by Gasteiger charge is -2.09. The molecule has 0 aromatic heterocycles. The molecule has 0 fully saturated rings. The van der Waals surface area contributed by atoms with E-state index in [1.807, 2.05) is 32.0 Å². The van der Waals surface area contributed by atoms with E-state index in [2.05, 4.69) is 0 Å². The third-order valence-corrected chi connectivity index (χ3v) is 1.90. The molecule has 1 aromatic rings. The van der Waals surface area contributed by atoms with Crippen LogP contribution in [-0.2, 0) is 0 Å². The molecule has 0 spiro atoms. The van der Waals surface area contributed by atoms with Crippen molar-refractivity contribution in [3.05, 3.63) is 23.2 Å². The number of hydrogen-bond acceptors (Lipinski definition) is 2. The van der Waals surface area contributed by atoms with Crippen LogP contribution in [0.1, 0.15) is 13.8 Å². The van der Waals surface area contributed by atoms with Gasteiger partial charge in [0.2, 0.25) is 0 Å². The van der Waals surface area contributed by atoms with Gasteiger partial charge in [-0.1, -0.05) is 17.7 Å². The van der Waals surface area contributed by atoms with Crippen LogP contribution in [0.3, 0.4) is 0 Å². The fourth-order valence-corrected chi connectivity index (χ4v) is 1.26. The maximum atomic E-state index is 6.02. The van der Waals surface area contributed by atoms with E-state index in [4.69, 9.17) is 21.1 Å². The van der Waals surface area contributed by atoms with E-state index >= 15 is 0 Å². The van der Waals surface area contributed by atoms with Crippen LogP contribution in [0.25, 0.3) is 0 Å². The average Bonchev–Trinajstić information content (AvgIpc) is 2.13. The van der Waals surface area contributed by atoms with Crippen molar-refractivity contribution in [2.24, 2.45) is 0 Å². The van der Waals surface area contributed by atoms with Crippen LogP contribution in [-0.4, -0.2) is 13.2 Å². The van der Waals surface area contributed by atoms with Crippen LogP contribution < -0.4 is 9.47 Å². The second-order valence-electron chi connectivity index (χ2n) is 2.43. The van der Waals surface area contributed by atoms with Crippen molar-refractivity contribution in [2.75, 3.05) is 13.2 Å². The topological polar surface area (TPSA) is 18.5 Å². The van der Waals surface area contributed by atoms with Crippen molar-refractivity contribution in [3.63, 3.8) is 0 Å². The largest absolute Gasteiger partial charge is 0.492 e. The monoisotopic (exact) mass is 200 g/mol. The Hall–Kier alpha value is -0.890. The molecule has 0 saturated carbocycles. The molecule has 0 aliphatic rings. The minimum atomic E-state index is 0.547. The van der Waals surface area contributed by atoms with E-state index in [9.17, 15) is 0 Å². The Kier molecular flexibility index (Phi) is 3.90. The summed E-state index contributed by atoms with van der Waals surface area (Å²) in [5, 5.41) is 0.547. The zero-order valence-corrected chi connectivity index (χ0v) is 8.60. The molecule has 0 aliphatic heterocycles. The Bertz CT molecular complexity index is 249. The first-order chi connectivity index (χ1) is 6.29. The first-order valence-electron chi connectivity index (χ1n) is 4.33. The zero-order chi connectivity index (χ0) is 9.68. The summed E-state index contributed by atoms with van der Waals surface area (Å²) in [7, 11) is 0. The molecule has 3 heteroatoms. The molecule has 0 aliphatic carbocycles. The van der Waals surface area contributed by atoms with Gasteiger partial charge in [0.05, 0.1) is 13.2 Å². The molecular formula is C10H13ClO2. The zero-order valence-electron chi connectivity index (χ0n) is 7.84. The molecule has 0 bridgehead atoms. The van der Waals surface area contributed by atoms with Gasteiger partial charge in [0.25, 0.3) is 0 Å². The molecule has 0 N–H and O–H groups in total. The normalized spacial score (nSPS) is 9.77. The van der Waals surface area contributed by atoms with E-state index in [1.54, 1.807) is 0 Å². The molecule has 0 unspecified atom stereocenters. The highest BCUT2D eigenvalue weighted by molar-refractivity contribution is 6.33. The molecule has 0 atom stereocenters. The highest BCUT2D eigenvalue weighted by Gasteiger charge is 2.06. The summed E-state index contributed by atoms with van der Waals surface area (Å²) in [5.41, 5.74) is 0. The molecule has 0 saturated heterocycles. The fourth-order valence-electron chi connectivity index (χ4n) is 1.02. The molecule has 0 radical (unpaired) electrons. The van der Waals surface area contributed by atoms with Gasteiger partial charge in [-0.05, 0) is 26.0 Å². The molecule has 72 valence electrons. The van der Waals surface area contributed by atoms with Crippen LogP contribution in [0.2, 0.25) is 5.02 Å². The molecule has 0 amide bonds. The molecule has 13 heavy (non-hydrogen) atoms. The van der Waals surface area contributed by atoms with E-state index < -0.39 is 0 Å². The van der Waals surface area contributed by atoms with Crippen molar-refractivity contribution in [2.45, 2.75) is 13.8 Å². The first kappa shape index (κ1) is 10.2. The maximum absolute atomic E-state index is 6.02.